The van der Waals surface area contributed by atoms with Crippen molar-refractivity contribution in [2.45, 2.75) is 110 Å². The van der Waals surface area contributed by atoms with Crippen molar-refractivity contribution in [3.05, 3.63) is 59.9 Å². The third-order valence-electron chi connectivity index (χ3n) is 6.47. The number of nitrogens with zero attached hydrogens (tertiary/aromatic N) is 1. The summed E-state index contributed by atoms with van der Waals surface area (Å²) in [5.74, 6) is -0.909. The second-order valence-corrected chi connectivity index (χ2v) is 9.15. The normalized spacial score (nSPS) is 11.0. The number of carboxylic acid groups (broad SMARTS) is 1. The largest absolute Gasteiger partial charge is 0.550 e. The number of benzene rings is 1. The minimum Gasteiger partial charge on any atom is -0.550 e. The Labute approximate surface area is 195 Å². The average Bonchev–Trinajstić information content (AvgIpc) is 2.80. The Bertz CT molecular complexity index is 757. The van der Waals surface area contributed by atoms with Gasteiger partial charge in [-0.05, 0) is 31.7 Å². The smallest absolute Gasteiger partial charge is 0.210 e. The molecule has 1 aromatic heterocycles. The maximum atomic E-state index is 10.3. The number of carboxylic acids is 1. The second-order valence-electron chi connectivity index (χ2n) is 9.15. The van der Waals surface area contributed by atoms with Crippen molar-refractivity contribution in [1.29, 1.82) is 0 Å². The molecular formula is C29H43NO2. The summed E-state index contributed by atoms with van der Waals surface area (Å²) in [4.78, 5) is 10.3. The molecule has 0 aliphatic rings. The fraction of sp³-hybridized carbons (Fsp3) is 0.586. The van der Waals surface area contributed by atoms with E-state index in [2.05, 4.69) is 60.2 Å². The summed E-state index contributed by atoms with van der Waals surface area (Å²) < 4.78 is 2.30. The van der Waals surface area contributed by atoms with Crippen molar-refractivity contribution in [1.82, 2.24) is 0 Å². The van der Waals surface area contributed by atoms with Crippen LogP contribution >= 0.6 is 0 Å². The zero-order chi connectivity index (χ0) is 22.9. The highest BCUT2D eigenvalue weighted by Gasteiger charge is 2.13. The van der Waals surface area contributed by atoms with Crippen LogP contribution in [0.5, 0.6) is 0 Å². The van der Waals surface area contributed by atoms with Gasteiger partial charge in [0.05, 0.1) is 0 Å². The van der Waals surface area contributed by atoms with Crippen LogP contribution in [0.4, 0.5) is 0 Å². The van der Waals surface area contributed by atoms with Crippen LogP contribution < -0.4 is 9.67 Å². The maximum absolute atomic E-state index is 10.3. The van der Waals surface area contributed by atoms with E-state index in [0.717, 1.165) is 12.8 Å². The van der Waals surface area contributed by atoms with Crippen LogP contribution in [0.2, 0.25) is 0 Å². The highest BCUT2D eigenvalue weighted by atomic mass is 16.4. The Hall–Kier alpha value is -2.16. The third-order valence-corrected chi connectivity index (χ3v) is 6.47. The molecule has 0 bridgehead atoms. The van der Waals surface area contributed by atoms with Crippen LogP contribution in [-0.4, -0.2) is 5.97 Å². The standard InChI is InChI=1S/C29H43NO2/c1-26-27(21-19-25-30(26)28-22-16-14-17-23-28)20-15-12-10-8-6-4-2-3-5-7-9-11-13-18-24-29(31)32/h14,16-17,19,21-23,25H,2-13,15,18,20,24H2,1H3. The number of hydrogen-bond acceptors (Lipinski definition) is 2. The van der Waals surface area contributed by atoms with Crippen LogP contribution in [0.15, 0.2) is 48.7 Å². The number of aromatic nitrogens is 1. The van der Waals surface area contributed by atoms with Crippen molar-refractivity contribution >= 4 is 5.97 Å². The molecule has 0 unspecified atom stereocenters. The minimum atomic E-state index is -0.909. The van der Waals surface area contributed by atoms with Crippen molar-refractivity contribution in [2.75, 3.05) is 0 Å². The van der Waals surface area contributed by atoms with Gasteiger partial charge in [0.25, 0.3) is 0 Å². The predicted octanol–water partition coefficient (Wildman–Crippen LogP) is 6.42. The monoisotopic (exact) mass is 437 g/mol. The number of rotatable bonds is 18. The van der Waals surface area contributed by atoms with E-state index in [1.54, 1.807) is 0 Å². The van der Waals surface area contributed by atoms with E-state index >= 15 is 0 Å². The predicted molar refractivity (Wildman–Crippen MR) is 131 cm³/mol. The summed E-state index contributed by atoms with van der Waals surface area (Å²) in [6.45, 7) is 2.24. The molecule has 1 aromatic carbocycles. The highest BCUT2D eigenvalue weighted by Crippen LogP contribution is 2.15. The summed E-state index contributed by atoms with van der Waals surface area (Å²) in [5.41, 5.74) is 4.06. The molecule has 2 rings (SSSR count). The number of aliphatic carboxylic acids is 1. The number of hydrogen-bond donors (Lipinski definition) is 0. The van der Waals surface area contributed by atoms with E-state index in [-0.39, 0.29) is 6.42 Å². The molecular weight excluding hydrogens is 394 g/mol. The molecule has 176 valence electrons. The number of carbonyl (C=O) groups is 1. The zero-order valence-electron chi connectivity index (χ0n) is 20.2. The van der Waals surface area contributed by atoms with E-state index in [0.29, 0.717) is 0 Å². The number of para-hydroxylation sites is 1. The van der Waals surface area contributed by atoms with Crippen LogP contribution in [0.3, 0.4) is 0 Å². The lowest BCUT2D eigenvalue weighted by molar-refractivity contribution is -0.603. The second kappa shape index (κ2) is 16.5. The van der Waals surface area contributed by atoms with Crippen LogP contribution in [-0.2, 0) is 11.2 Å². The third kappa shape index (κ3) is 10.9. The van der Waals surface area contributed by atoms with Gasteiger partial charge >= 0.3 is 0 Å². The van der Waals surface area contributed by atoms with Crippen molar-refractivity contribution in [3.8, 4) is 5.69 Å². The first-order valence-corrected chi connectivity index (χ1v) is 12.9. The van der Waals surface area contributed by atoms with Crippen LogP contribution in [0, 0.1) is 6.92 Å². The summed E-state index contributed by atoms with van der Waals surface area (Å²) in [5, 5.41) is 10.3. The van der Waals surface area contributed by atoms with E-state index in [1.807, 2.05) is 0 Å². The molecule has 32 heavy (non-hydrogen) atoms. The Morgan fingerprint density at radius 1 is 0.688 bits per heavy atom. The topological polar surface area (TPSA) is 44.0 Å². The zero-order valence-corrected chi connectivity index (χ0v) is 20.2. The van der Waals surface area contributed by atoms with Gasteiger partial charge in [0.2, 0.25) is 5.69 Å². The number of unbranched alkanes of at least 4 members (excludes halogenated alkanes) is 13. The molecule has 0 aliphatic carbocycles. The molecule has 3 nitrogen and oxygen atoms in total. The fourth-order valence-electron chi connectivity index (χ4n) is 4.47. The summed E-state index contributed by atoms with van der Waals surface area (Å²) >= 11 is 0. The maximum Gasteiger partial charge on any atom is 0.210 e. The molecule has 0 aliphatic heterocycles. The van der Waals surface area contributed by atoms with E-state index in [1.165, 1.54) is 100 Å². The fourth-order valence-corrected chi connectivity index (χ4v) is 4.47. The first kappa shape index (κ1) is 26.1. The molecule has 0 radical (unpaired) electrons. The SMILES string of the molecule is Cc1c(CCCCCCCCCCCCCCCCC(=O)[O-])ccc[n+]1-c1ccccc1. The molecule has 0 saturated heterocycles. The van der Waals surface area contributed by atoms with Crippen molar-refractivity contribution in [3.63, 3.8) is 0 Å². The first-order chi connectivity index (χ1) is 15.7. The number of pyridine rings is 1. The van der Waals surface area contributed by atoms with Gasteiger partial charge in [-0.1, -0.05) is 95.2 Å². The van der Waals surface area contributed by atoms with E-state index in [4.69, 9.17) is 0 Å². The quantitative estimate of drug-likeness (QED) is 0.200. The minimum absolute atomic E-state index is 0.222. The van der Waals surface area contributed by atoms with Gasteiger partial charge in [0, 0.05) is 36.7 Å². The van der Waals surface area contributed by atoms with Crippen LogP contribution in [0.1, 0.15) is 108 Å². The molecule has 1 heterocycles. The summed E-state index contributed by atoms with van der Waals surface area (Å²) in [6.07, 6.45) is 21.2. The molecule has 0 amide bonds. The van der Waals surface area contributed by atoms with Gasteiger partial charge < -0.3 is 9.90 Å². The van der Waals surface area contributed by atoms with Crippen molar-refractivity contribution < 1.29 is 14.5 Å². The van der Waals surface area contributed by atoms with E-state index in [9.17, 15) is 9.90 Å². The lowest BCUT2D eigenvalue weighted by Crippen LogP contribution is -2.34. The van der Waals surface area contributed by atoms with Crippen molar-refractivity contribution in [2.24, 2.45) is 0 Å². The van der Waals surface area contributed by atoms with Gasteiger partial charge in [-0.25, -0.2) is 0 Å². The summed E-state index contributed by atoms with van der Waals surface area (Å²) in [7, 11) is 0. The lowest BCUT2D eigenvalue weighted by Gasteiger charge is -2.06. The van der Waals surface area contributed by atoms with Crippen LogP contribution in [0.25, 0.3) is 5.69 Å². The molecule has 0 spiro atoms. The van der Waals surface area contributed by atoms with Gasteiger partial charge in [-0.2, -0.15) is 4.57 Å². The van der Waals surface area contributed by atoms with Gasteiger partial charge in [-0.15, -0.1) is 0 Å². The molecule has 0 saturated carbocycles. The molecule has 0 N–H and O–H groups in total. The Balaban J connectivity index is 1.43. The molecule has 0 fully saturated rings. The highest BCUT2D eigenvalue weighted by molar-refractivity contribution is 5.64. The molecule has 3 heteroatoms. The summed E-state index contributed by atoms with van der Waals surface area (Å²) in [6, 6.07) is 15.0. The first-order valence-electron chi connectivity index (χ1n) is 12.9. The van der Waals surface area contributed by atoms with Gasteiger partial charge in [0.15, 0.2) is 11.9 Å². The molecule has 0 atom stereocenters. The Kier molecular flexibility index (Phi) is 13.4. The lowest BCUT2D eigenvalue weighted by atomic mass is 10.0. The Morgan fingerprint density at radius 3 is 1.72 bits per heavy atom. The number of carbonyl (C=O) groups excluding carboxylic acids is 1. The molecule has 2 aromatic rings. The van der Waals surface area contributed by atoms with Gasteiger partial charge in [0.1, 0.15) is 0 Å². The van der Waals surface area contributed by atoms with E-state index < -0.39 is 5.97 Å². The van der Waals surface area contributed by atoms with Gasteiger partial charge in [-0.3, -0.25) is 0 Å². The average molecular weight is 438 g/mol. The Morgan fingerprint density at radius 2 is 1.19 bits per heavy atom. The number of aryl methyl sites for hydroxylation is 1.